The minimum Gasteiger partial charge on any atom is -0.321 e. The number of hydrogen-bond donors (Lipinski definition) is 1. The molecule has 2 aromatic carbocycles. The third kappa shape index (κ3) is 3.04. The summed E-state index contributed by atoms with van der Waals surface area (Å²) in [5.41, 5.74) is 4.25. The Labute approximate surface area is 129 Å². The van der Waals surface area contributed by atoms with Crippen LogP contribution < -0.4 is 5.32 Å². The first-order valence-electron chi connectivity index (χ1n) is 7.12. The molecule has 1 amide bonds. The smallest absolute Gasteiger partial charge is 0.255 e. The topological polar surface area (TPSA) is 42.0 Å². The number of aromatic nitrogens is 1. The monoisotopic (exact) mass is 288 g/mol. The number of carbonyl (C=O) groups is 1. The largest absolute Gasteiger partial charge is 0.321 e. The molecule has 0 aliphatic rings. The van der Waals surface area contributed by atoms with Crippen molar-refractivity contribution in [1.82, 2.24) is 4.98 Å². The average molecular weight is 288 g/mol. The SMILES string of the molecule is Cc1ccccc1C(=O)Nc1ccc(-c2ccccc2)nc1. The van der Waals surface area contributed by atoms with Gasteiger partial charge in [0.1, 0.15) is 0 Å². The van der Waals surface area contributed by atoms with Crippen LogP contribution in [0.2, 0.25) is 0 Å². The maximum atomic E-state index is 12.3. The van der Waals surface area contributed by atoms with Crippen LogP contribution in [0.4, 0.5) is 5.69 Å². The van der Waals surface area contributed by atoms with Crippen molar-refractivity contribution in [2.45, 2.75) is 6.92 Å². The van der Waals surface area contributed by atoms with Gasteiger partial charge in [-0.05, 0) is 30.7 Å². The predicted octanol–water partition coefficient (Wildman–Crippen LogP) is 4.31. The fraction of sp³-hybridized carbons (Fsp3) is 0.0526. The van der Waals surface area contributed by atoms with Crippen LogP contribution in [0.25, 0.3) is 11.3 Å². The summed E-state index contributed by atoms with van der Waals surface area (Å²) in [6.07, 6.45) is 1.68. The number of aryl methyl sites for hydroxylation is 1. The maximum absolute atomic E-state index is 12.3. The molecule has 0 atom stereocenters. The van der Waals surface area contributed by atoms with Crippen LogP contribution in [0.3, 0.4) is 0 Å². The van der Waals surface area contributed by atoms with Gasteiger partial charge < -0.3 is 5.32 Å². The van der Waals surface area contributed by atoms with E-state index in [1.807, 2.05) is 73.7 Å². The minimum atomic E-state index is -0.118. The van der Waals surface area contributed by atoms with Crippen molar-refractivity contribution in [2.75, 3.05) is 5.32 Å². The Hall–Kier alpha value is -2.94. The molecule has 0 bridgehead atoms. The number of carbonyl (C=O) groups excluding carboxylic acids is 1. The van der Waals surface area contributed by atoms with E-state index in [-0.39, 0.29) is 5.91 Å². The van der Waals surface area contributed by atoms with E-state index >= 15 is 0 Å². The molecule has 108 valence electrons. The molecule has 3 heteroatoms. The van der Waals surface area contributed by atoms with Gasteiger partial charge in [0.2, 0.25) is 0 Å². The van der Waals surface area contributed by atoms with E-state index < -0.39 is 0 Å². The number of amides is 1. The molecule has 3 aromatic rings. The van der Waals surface area contributed by atoms with Gasteiger partial charge in [-0.3, -0.25) is 9.78 Å². The van der Waals surface area contributed by atoms with E-state index in [1.54, 1.807) is 6.20 Å². The summed E-state index contributed by atoms with van der Waals surface area (Å²) in [7, 11) is 0. The third-order valence-electron chi connectivity index (χ3n) is 3.48. The molecule has 3 nitrogen and oxygen atoms in total. The first-order valence-corrected chi connectivity index (χ1v) is 7.12. The number of anilines is 1. The number of nitrogens with one attached hydrogen (secondary N) is 1. The molecule has 22 heavy (non-hydrogen) atoms. The zero-order valence-electron chi connectivity index (χ0n) is 12.3. The summed E-state index contributed by atoms with van der Waals surface area (Å²) in [6.45, 7) is 1.92. The lowest BCUT2D eigenvalue weighted by atomic mass is 10.1. The van der Waals surface area contributed by atoms with Crippen LogP contribution in [-0.4, -0.2) is 10.9 Å². The van der Waals surface area contributed by atoms with Crippen molar-refractivity contribution < 1.29 is 4.79 Å². The highest BCUT2D eigenvalue weighted by Gasteiger charge is 2.08. The third-order valence-corrected chi connectivity index (χ3v) is 3.48. The fourth-order valence-electron chi connectivity index (χ4n) is 2.27. The Bertz CT molecular complexity index is 780. The van der Waals surface area contributed by atoms with Gasteiger partial charge in [-0.1, -0.05) is 48.5 Å². The molecular weight excluding hydrogens is 272 g/mol. The Kier molecular flexibility index (Phi) is 3.97. The number of nitrogens with zero attached hydrogens (tertiary/aromatic N) is 1. The lowest BCUT2D eigenvalue weighted by Crippen LogP contribution is -2.13. The van der Waals surface area contributed by atoms with Gasteiger partial charge in [-0.2, -0.15) is 0 Å². The minimum absolute atomic E-state index is 0.118. The zero-order chi connectivity index (χ0) is 15.4. The van der Waals surface area contributed by atoms with Gasteiger partial charge in [0.25, 0.3) is 5.91 Å². The zero-order valence-corrected chi connectivity index (χ0v) is 12.3. The lowest BCUT2D eigenvalue weighted by molar-refractivity contribution is 0.102. The summed E-state index contributed by atoms with van der Waals surface area (Å²) in [5.74, 6) is -0.118. The highest BCUT2D eigenvalue weighted by atomic mass is 16.1. The Morgan fingerprint density at radius 1 is 0.909 bits per heavy atom. The second-order valence-electron chi connectivity index (χ2n) is 5.07. The summed E-state index contributed by atoms with van der Waals surface area (Å²) < 4.78 is 0. The van der Waals surface area contributed by atoms with Gasteiger partial charge in [-0.25, -0.2) is 0 Å². The van der Waals surface area contributed by atoms with Crippen molar-refractivity contribution in [1.29, 1.82) is 0 Å². The molecule has 0 aliphatic carbocycles. The summed E-state index contributed by atoms with van der Waals surface area (Å²) >= 11 is 0. The second-order valence-corrected chi connectivity index (χ2v) is 5.07. The van der Waals surface area contributed by atoms with Crippen molar-refractivity contribution in [3.05, 3.63) is 84.1 Å². The average Bonchev–Trinajstić information content (AvgIpc) is 2.57. The number of benzene rings is 2. The molecular formula is C19H16N2O. The van der Waals surface area contributed by atoms with Crippen LogP contribution in [0.1, 0.15) is 15.9 Å². The van der Waals surface area contributed by atoms with Crippen molar-refractivity contribution in [2.24, 2.45) is 0 Å². The van der Waals surface area contributed by atoms with Gasteiger partial charge >= 0.3 is 0 Å². The molecule has 1 heterocycles. The lowest BCUT2D eigenvalue weighted by Gasteiger charge is -2.08. The van der Waals surface area contributed by atoms with E-state index in [2.05, 4.69) is 10.3 Å². The van der Waals surface area contributed by atoms with E-state index in [1.165, 1.54) is 0 Å². The second kappa shape index (κ2) is 6.22. The fourth-order valence-corrected chi connectivity index (χ4v) is 2.27. The van der Waals surface area contributed by atoms with Gasteiger partial charge in [0.05, 0.1) is 17.6 Å². The molecule has 3 rings (SSSR count). The quantitative estimate of drug-likeness (QED) is 0.780. The number of rotatable bonds is 3. The molecule has 0 saturated heterocycles. The van der Waals surface area contributed by atoms with Crippen LogP contribution >= 0.6 is 0 Å². The highest BCUT2D eigenvalue weighted by molar-refractivity contribution is 6.05. The van der Waals surface area contributed by atoms with Crippen LogP contribution in [-0.2, 0) is 0 Å². The Balaban J connectivity index is 1.77. The van der Waals surface area contributed by atoms with Crippen molar-refractivity contribution >= 4 is 11.6 Å². The van der Waals surface area contributed by atoms with E-state index in [0.717, 1.165) is 16.8 Å². The first-order chi connectivity index (χ1) is 10.7. The predicted molar refractivity (Wildman–Crippen MR) is 88.8 cm³/mol. The summed E-state index contributed by atoms with van der Waals surface area (Å²) in [6, 6.07) is 21.2. The standard InChI is InChI=1S/C19H16N2O/c1-14-7-5-6-10-17(14)19(22)21-16-11-12-18(20-13-16)15-8-3-2-4-9-15/h2-13H,1H3,(H,21,22). The molecule has 0 unspecified atom stereocenters. The first kappa shape index (κ1) is 14.0. The summed E-state index contributed by atoms with van der Waals surface area (Å²) in [5, 5.41) is 2.88. The molecule has 1 N–H and O–H groups in total. The van der Waals surface area contributed by atoms with Crippen LogP contribution in [0.5, 0.6) is 0 Å². The van der Waals surface area contributed by atoms with Crippen molar-refractivity contribution in [3.63, 3.8) is 0 Å². The molecule has 0 saturated carbocycles. The van der Waals surface area contributed by atoms with Gasteiger partial charge in [-0.15, -0.1) is 0 Å². The number of pyridine rings is 1. The summed E-state index contributed by atoms with van der Waals surface area (Å²) in [4.78, 5) is 16.7. The van der Waals surface area contributed by atoms with E-state index in [9.17, 15) is 4.79 Å². The maximum Gasteiger partial charge on any atom is 0.255 e. The normalized spacial score (nSPS) is 10.2. The molecule has 0 fully saturated rings. The number of hydrogen-bond acceptors (Lipinski definition) is 2. The molecule has 0 radical (unpaired) electrons. The van der Waals surface area contributed by atoms with Crippen molar-refractivity contribution in [3.8, 4) is 11.3 Å². The van der Waals surface area contributed by atoms with E-state index in [4.69, 9.17) is 0 Å². The highest BCUT2D eigenvalue weighted by Crippen LogP contribution is 2.18. The van der Waals surface area contributed by atoms with Gasteiger partial charge in [0.15, 0.2) is 0 Å². The molecule has 0 aliphatic heterocycles. The Morgan fingerprint density at radius 3 is 2.32 bits per heavy atom. The van der Waals surface area contributed by atoms with Crippen LogP contribution in [0, 0.1) is 6.92 Å². The van der Waals surface area contributed by atoms with E-state index in [0.29, 0.717) is 11.3 Å². The van der Waals surface area contributed by atoms with Gasteiger partial charge in [0, 0.05) is 11.1 Å². The Morgan fingerprint density at radius 2 is 1.64 bits per heavy atom. The molecule has 1 aromatic heterocycles. The molecule has 0 spiro atoms. The van der Waals surface area contributed by atoms with Crippen LogP contribution in [0.15, 0.2) is 72.9 Å².